The van der Waals surface area contributed by atoms with Crippen LogP contribution in [0, 0.1) is 0 Å². The Morgan fingerprint density at radius 2 is 0.868 bits per heavy atom. The van der Waals surface area contributed by atoms with Crippen molar-refractivity contribution < 1.29 is 4.57 Å². The molecule has 3 nitrogen and oxygen atoms in total. The number of aryl methyl sites for hydroxylation is 1. The summed E-state index contributed by atoms with van der Waals surface area (Å²) in [7, 11) is 1.99. The highest BCUT2D eigenvalue weighted by molar-refractivity contribution is 7.19. The Morgan fingerprint density at radius 1 is 0.474 bits per heavy atom. The van der Waals surface area contributed by atoms with Gasteiger partial charge in [0.25, 0.3) is 0 Å². The Morgan fingerprint density at radius 3 is 1.24 bits per heavy atom. The average Bonchev–Trinajstić information content (AvgIpc) is 3.01. The van der Waals surface area contributed by atoms with Crippen molar-refractivity contribution in [2.75, 3.05) is 0 Å². The van der Waals surface area contributed by atoms with Gasteiger partial charge in [0.1, 0.15) is 19.5 Å². The molecule has 0 fully saturated rings. The fourth-order valence-electron chi connectivity index (χ4n) is 5.33. The summed E-state index contributed by atoms with van der Waals surface area (Å²) in [6.45, 7) is 0. The summed E-state index contributed by atoms with van der Waals surface area (Å²) in [6.07, 6.45) is 7.97. The maximum Gasteiger partial charge on any atom is 0.176 e. The predicted octanol–water partition coefficient (Wildman–Crippen LogP) is 4.03. The molecule has 4 heteroatoms. The third-order valence-electron chi connectivity index (χ3n) is 7.03. The van der Waals surface area contributed by atoms with Crippen LogP contribution in [0.2, 0.25) is 0 Å². The molecular weight excluding hydrogens is 461 g/mol. The van der Waals surface area contributed by atoms with Crippen molar-refractivity contribution in [1.82, 2.24) is 9.97 Å². The maximum atomic E-state index is 3.97. The second kappa shape index (κ2) is 11.9. The van der Waals surface area contributed by atoms with Crippen molar-refractivity contribution in [3.8, 4) is 11.1 Å². The van der Waals surface area contributed by atoms with E-state index in [0.29, 0.717) is 0 Å². The Bertz CT molecular complexity index is 1380. The van der Waals surface area contributed by atoms with Gasteiger partial charge in [-0.1, -0.05) is 121 Å². The summed E-state index contributed by atoms with van der Waals surface area (Å²) in [5.41, 5.74) is 7.53. The molecule has 0 saturated heterocycles. The summed E-state index contributed by atoms with van der Waals surface area (Å²) in [6, 6.07) is 47.6. The highest BCUT2D eigenvalue weighted by Gasteiger charge is 2.31. The van der Waals surface area contributed by atoms with E-state index in [9.17, 15) is 0 Å². The number of aromatic nitrogens is 3. The quantitative estimate of drug-likeness (QED) is 0.269. The van der Waals surface area contributed by atoms with Crippen LogP contribution in [0.1, 0.15) is 0 Å². The Labute approximate surface area is 225 Å². The van der Waals surface area contributed by atoms with Crippen LogP contribution < -0.4 is 26.4 Å². The molecule has 0 aliphatic carbocycles. The molecule has 0 N–H and O–H groups in total. The fraction of sp³-hybridized carbons (Fsp3) is 0.0294. The fourth-order valence-corrected chi connectivity index (χ4v) is 5.33. The summed E-state index contributed by atoms with van der Waals surface area (Å²) >= 11 is 0. The highest BCUT2D eigenvalue weighted by Crippen LogP contribution is 2.13. The van der Waals surface area contributed by atoms with Crippen LogP contribution in [-0.2, 0) is 7.05 Å². The van der Waals surface area contributed by atoms with E-state index in [0.717, 1.165) is 11.1 Å². The van der Waals surface area contributed by atoms with E-state index in [1.54, 1.807) is 0 Å². The normalized spacial score (nSPS) is 10.8. The molecule has 0 bridgehead atoms. The number of hydrogen-bond donors (Lipinski definition) is 0. The zero-order valence-corrected chi connectivity index (χ0v) is 21.5. The van der Waals surface area contributed by atoms with Gasteiger partial charge in [-0.05, 0) is 6.07 Å². The number of nitrogens with zero attached hydrogens (tertiary/aromatic N) is 3. The topological polar surface area (TPSA) is 29.7 Å². The van der Waals surface area contributed by atoms with Crippen molar-refractivity contribution in [3.63, 3.8) is 0 Å². The predicted molar refractivity (Wildman–Crippen MR) is 159 cm³/mol. The van der Waals surface area contributed by atoms with Crippen LogP contribution in [0.15, 0.2) is 165 Å². The molecule has 4 aromatic carbocycles. The van der Waals surface area contributed by atoms with Gasteiger partial charge in [0.15, 0.2) is 12.4 Å². The molecule has 0 radical (unpaired) electrons. The molecule has 0 amide bonds. The van der Waals surface area contributed by atoms with Crippen LogP contribution >= 0.6 is 0 Å². The third kappa shape index (κ3) is 5.30. The monoisotopic (exact) mass is 491 g/mol. The molecule has 184 valence electrons. The lowest BCUT2D eigenvalue weighted by Crippen LogP contribution is -2.74. The van der Waals surface area contributed by atoms with E-state index in [1.807, 2.05) is 48.5 Å². The summed E-state index contributed by atoms with van der Waals surface area (Å²) in [5.74, 6) is 0. The minimum atomic E-state index is -1.22. The van der Waals surface area contributed by atoms with E-state index in [4.69, 9.17) is 0 Å². The summed E-state index contributed by atoms with van der Waals surface area (Å²) < 4.78 is 2.00. The Hall–Kier alpha value is -4.83. The molecule has 0 spiro atoms. The van der Waals surface area contributed by atoms with Gasteiger partial charge in [-0.3, -0.25) is 0 Å². The number of benzene rings is 4. The van der Waals surface area contributed by atoms with Gasteiger partial charge in [-0.25, -0.2) is 14.5 Å². The molecule has 2 heterocycles. The average molecular weight is 491 g/mol. The lowest BCUT2D eigenvalue weighted by atomic mass is 9.13. The molecule has 6 rings (SSSR count). The lowest BCUT2D eigenvalue weighted by molar-refractivity contribution is -0.671. The first-order valence-electron chi connectivity index (χ1n) is 12.9. The first kappa shape index (κ1) is 24.9. The number of pyridine rings is 1. The van der Waals surface area contributed by atoms with Crippen molar-refractivity contribution in [3.05, 3.63) is 165 Å². The van der Waals surface area contributed by atoms with Gasteiger partial charge in [-0.15, -0.1) is 0 Å². The van der Waals surface area contributed by atoms with Gasteiger partial charge in [0.05, 0.1) is 0 Å². The standard InChI is InChI=1S/C24H20B.C10H10N3/c1-5-13-21(14-6-1)25(22-15-7-2-8-16-22,23-17-9-3-10-18-23)24-19-11-4-12-20-24;1-13-4-2-3-9(7-13)10-5-11-8-12-6-10/h1-20H;2-8H,1H3/q-1;+1. The maximum absolute atomic E-state index is 3.97. The number of hydrogen-bond acceptors (Lipinski definition) is 2. The van der Waals surface area contributed by atoms with E-state index in [2.05, 4.69) is 131 Å². The van der Waals surface area contributed by atoms with Crippen LogP contribution in [-0.4, -0.2) is 16.1 Å². The third-order valence-corrected chi connectivity index (χ3v) is 7.03. The van der Waals surface area contributed by atoms with Crippen LogP contribution in [0.3, 0.4) is 0 Å². The molecule has 0 unspecified atom stereocenters. The van der Waals surface area contributed by atoms with Crippen molar-refractivity contribution in [1.29, 1.82) is 0 Å². The SMILES string of the molecule is C[n+]1cccc(-c2cncnc2)c1.c1ccc([B-](c2ccccc2)(c2ccccc2)c2ccccc2)cc1. The Balaban J connectivity index is 0.000000190. The summed E-state index contributed by atoms with van der Waals surface area (Å²) in [4.78, 5) is 7.94. The molecule has 38 heavy (non-hydrogen) atoms. The largest absolute Gasteiger partial charge is 0.244 e. The lowest BCUT2D eigenvalue weighted by Gasteiger charge is -2.44. The van der Waals surface area contributed by atoms with E-state index >= 15 is 0 Å². The highest BCUT2D eigenvalue weighted by atomic mass is 14.9. The van der Waals surface area contributed by atoms with Gasteiger partial charge in [-0.2, -0.15) is 21.9 Å². The zero-order valence-electron chi connectivity index (χ0n) is 21.5. The molecule has 0 aliphatic heterocycles. The first-order valence-corrected chi connectivity index (χ1v) is 12.9. The van der Waals surface area contributed by atoms with E-state index in [-0.39, 0.29) is 0 Å². The van der Waals surface area contributed by atoms with Crippen LogP contribution in [0.25, 0.3) is 11.1 Å². The second-order valence-corrected chi connectivity index (χ2v) is 9.39. The zero-order chi connectivity index (χ0) is 26.0. The smallest absolute Gasteiger partial charge is 0.176 e. The minimum absolute atomic E-state index is 1.04. The molecule has 0 atom stereocenters. The van der Waals surface area contributed by atoms with Gasteiger partial charge >= 0.3 is 0 Å². The minimum Gasteiger partial charge on any atom is -0.244 e. The summed E-state index contributed by atoms with van der Waals surface area (Å²) in [5, 5.41) is 0. The number of rotatable bonds is 5. The molecular formula is C34H30BN3. The Kier molecular flexibility index (Phi) is 7.81. The molecule has 6 aromatic rings. The van der Waals surface area contributed by atoms with Crippen molar-refractivity contribution >= 4 is 28.0 Å². The van der Waals surface area contributed by atoms with Crippen molar-refractivity contribution in [2.45, 2.75) is 0 Å². The van der Waals surface area contributed by atoms with Gasteiger partial charge < -0.3 is 0 Å². The second-order valence-electron chi connectivity index (χ2n) is 9.39. The van der Waals surface area contributed by atoms with Crippen molar-refractivity contribution in [2.24, 2.45) is 7.05 Å². The van der Waals surface area contributed by atoms with Crippen LogP contribution in [0.4, 0.5) is 0 Å². The van der Waals surface area contributed by atoms with Crippen LogP contribution in [0.5, 0.6) is 0 Å². The first-order chi connectivity index (χ1) is 18.8. The van der Waals surface area contributed by atoms with E-state index in [1.165, 1.54) is 28.2 Å². The molecule has 0 saturated carbocycles. The van der Waals surface area contributed by atoms with Gasteiger partial charge in [0.2, 0.25) is 0 Å². The molecule has 2 aromatic heterocycles. The molecule has 0 aliphatic rings. The van der Waals surface area contributed by atoms with Gasteiger partial charge in [0, 0.05) is 29.6 Å². The van der Waals surface area contributed by atoms with E-state index < -0.39 is 6.15 Å².